The molecule has 1 heterocycles. The minimum absolute atomic E-state index is 0.0959. The van der Waals surface area contributed by atoms with Crippen LogP contribution >= 0.6 is 38.9 Å². The van der Waals surface area contributed by atoms with Crippen LogP contribution in [0.5, 0.6) is 0 Å². The topological polar surface area (TPSA) is 29.5 Å². The van der Waals surface area contributed by atoms with Gasteiger partial charge in [0.05, 0.1) is 14.9 Å². The van der Waals surface area contributed by atoms with E-state index in [9.17, 15) is 13.9 Å². The first-order valence-corrected chi connectivity index (χ1v) is 6.48. The molecule has 16 heavy (non-hydrogen) atoms. The average molecular weight is 336 g/mol. The summed E-state index contributed by atoms with van der Waals surface area (Å²) in [5.74, 6) is 0. The third-order valence-electron chi connectivity index (χ3n) is 1.77. The largest absolute Gasteiger partial charge is 0.387 e. The second kappa shape index (κ2) is 6.86. The molecule has 1 N–H and O–H groups in total. The van der Waals surface area contributed by atoms with Gasteiger partial charge in [-0.3, -0.25) is 0 Å². The van der Waals surface area contributed by atoms with E-state index in [2.05, 4.69) is 20.7 Å². The molecule has 0 aliphatic heterocycles. The van der Waals surface area contributed by atoms with Crippen molar-refractivity contribution in [2.75, 3.05) is 13.2 Å². The molecular formula is C9H10BrClF2O2S. The van der Waals surface area contributed by atoms with E-state index in [-0.39, 0.29) is 13.0 Å². The smallest absolute Gasteiger partial charge is 0.261 e. The highest BCUT2D eigenvalue weighted by molar-refractivity contribution is 9.11. The van der Waals surface area contributed by atoms with Gasteiger partial charge in [0.25, 0.3) is 6.43 Å². The number of ether oxygens (including phenoxy) is 1. The Hall–Kier alpha value is 0.250. The van der Waals surface area contributed by atoms with Gasteiger partial charge in [0.15, 0.2) is 0 Å². The summed E-state index contributed by atoms with van der Waals surface area (Å²) in [6.45, 7) is -0.500. The molecule has 1 unspecified atom stereocenters. The summed E-state index contributed by atoms with van der Waals surface area (Å²) >= 11 is 10.3. The number of hydrogen-bond acceptors (Lipinski definition) is 3. The van der Waals surface area contributed by atoms with Crippen molar-refractivity contribution in [1.29, 1.82) is 0 Å². The van der Waals surface area contributed by atoms with Crippen LogP contribution in [-0.2, 0) is 4.74 Å². The van der Waals surface area contributed by atoms with Crippen molar-refractivity contribution in [3.05, 3.63) is 19.8 Å². The van der Waals surface area contributed by atoms with Crippen molar-refractivity contribution >= 4 is 38.9 Å². The summed E-state index contributed by atoms with van der Waals surface area (Å²) in [5, 5.41) is 10.2. The van der Waals surface area contributed by atoms with Gasteiger partial charge in [0.2, 0.25) is 0 Å². The molecule has 2 nitrogen and oxygen atoms in total. The average Bonchev–Trinajstić information content (AvgIpc) is 2.54. The fourth-order valence-electron chi connectivity index (χ4n) is 1.04. The lowest BCUT2D eigenvalue weighted by molar-refractivity contribution is 0.00515. The predicted octanol–water partition coefficient (Wildman–Crippen LogP) is 3.87. The quantitative estimate of drug-likeness (QED) is 0.800. The summed E-state index contributed by atoms with van der Waals surface area (Å²) in [6.07, 6.45) is -2.93. The molecule has 92 valence electrons. The molecular weight excluding hydrogens is 326 g/mol. The van der Waals surface area contributed by atoms with Crippen LogP contribution in [0.15, 0.2) is 9.85 Å². The number of aliphatic hydroxyl groups excluding tert-OH is 1. The van der Waals surface area contributed by atoms with Gasteiger partial charge in [-0.05, 0) is 22.0 Å². The number of aliphatic hydroxyl groups is 1. The molecule has 0 fully saturated rings. The van der Waals surface area contributed by atoms with Crippen LogP contribution in [-0.4, -0.2) is 24.7 Å². The Bertz CT molecular complexity index is 316. The molecule has 0 bridgehead atoms. The zero-order chi connectivity index (χ0) is 12.1. The minimum atomic E-state index is -2.47. The Labute approximate surface area is 109 Å². The molecule has 0 spiro atoms. The van der Waals surface area contributed by atoms with Crippen LogP contribution in [0.25, 0.3) is 0 Å². The number of halogens is 4. The normalized spacial score (nSPS) is 13.4. The van der Waals surface area contributed by atoms with Gasteiger partial charge in [-0.1, -0.05) is 11.6 Å². The monoisotopic (exact) mass is 334 g/mol. The van der Waals surface area contributed by atoms with Crippen molar-refractivity contribution in [2.45, 2.75) is 19.0 Å². The van der Waals surface area contributed by atoms with E-state index in [1.165, 1.54) is 11.3 Å². The molecule has 0 saturated heterocycles. The molecule has 1 aromatic heterocycles. The van der Waals surface area contributed by atoms with Gasteiger partial charge < -0.3 is 9.84 Å². The fraction of sp³-hybridized carbons (Fsp3) is 0.556. The van der Waals surface area contributed by atoms with E-state index in [1.807, 2.05) is 0 Å². The van der Waals surface area contributed by atoms with Crippen LogP contribution in [0.3, 0.4) is 0 Å². The second-order valence-corrected chi connectivity index (χ2v) is 5.85. The van der Waals surface area contributed by atoms with Gasteiger partial charge in [0.1, 0.15) is 6.61 Å². The molecule has 1 atom stereocenters. The van der Waals surface area contributed by atoms with Gasteiger partial charge in [-0.2, -0.15) is 0 Å². The molecule has 0 aliphatic rings. The van der Waals surface area contributed by atoms with Crippen LogP contribution in [0.4, 0.5) is 8.78 Å². The highest BCUT2D eigenvalue weighted by Crippen LogP contribution is 2.36. The first-order chi connectivity index (χ1) is 7.50. The molecule has 0 amide bonds. The summed E-state index contributed by atoms with van der Waals surface area (Å²) in [5.41, 5.74) is 0. The third-order valence-corrected chi connectivity index (χ3v) is 4.35. The Kier molecular flexibility index (Phi) is 6.13. The number of rotatable bonds is 6. The van der Waals surface area contributed by atoms with E-state index in [1.54, 1.807) is 6.07 Å². The summed E-state index contributed by atoms with van der Waals surface area (Å²) in [4.78, 5) is 0.692. The second-order valence-electron chi connectivity index (χ2n) is 3.04. The Balaban J connectivity index is 2.32. The van der Waals surface area contributed by atoms with E-state index in [4.69, 9.17) is 11.6 Å². The Morgan fingerprint density at radius 2 is 2.25 bits per heavy atom. The highest BCUT2D eigenvalue weighted by atomic mass is 79.9. The van der Waals surface area contributed by atoms with Crippen LogP contribution < -0.4 is 0 Å². The number of hydrogen-bond donors (Lipinski definition) is 1. The third kappa shape index (κ3) is 4.63. The van der Waals surface area contributed by atoms with Crippen LogP contribution in [0, 0.1) is 0 Å². The predicted molar refractivity (Wildman–Crippen MR) is 63.4 cm³/mol. The molecule has 1 aromatic rings. The standard InChI is InChI=1S/C9H10BrClF2O2S/c10-9-5(11)3-7(16-9)6(14)1-2-15-4-8(12)13/h3,6,8,14H,1-2,4H2. The lowest BCUT2D eigenvalue weighted by atomic mass is 10.2. The lowest BCUT2D eigenvalue weighted by Crippen LogP contribution is -2.08. The lowest BCUT2D eigenvalue weighted by Gasteiger charge is -2.08. The highest BCUT2D eigenvalue weighted by Gasteiger charge is 2.13. The van der Waals surface area contributed by atoms with E-state index >= 15 is 0 Å². The zero-order valence-electron chi connectivity index (χ0n) is 8.13. The molecule has 1 rings (SSSR count). The molecule has 7 heteroatoms. The maximum atomic E-state index is 11.7. The van der Waals surface area contributed by atoms with Gasteiger partial charge in [-0.25, -0.2) is 8.78 Å². The van der Waals surface area contributed by atoms with Crippen LogP contribution in [0.1, 0.15) is 17.4 Å². The van der Waals surface area contributed by atoms with E-state index in [0.717, 1.165) is 3.79 Å². The summed E-state index contributed by atoms with van der Waals surface area (Å²) < 4.78 is 28.9. The number of alkyl halides is 2. The first kappa shape index (κ1) is 14.3. The maximum absolute atomic E-state index is 11.7. The molecule has 0 aliphatic carbocycles. The van der Waals surface area contributed by atoms with Crippen molar-refractivity contribution in [2.24, 2.45) is 0 Å². The SMILES string of the molecule is OC(CCOCC(F)F)c1cc(Cl)c(Br)s1. The van der Waals surface area contributed by atoms with Crippen molar-refractivity contribution in [1.82, 2.24) is 0 Å². The Morgan fingerprint density at radius 3 is 2.75 bits per heavy atom. The zero-order valence-corrected chi connectivity index (χ0v) is 11.3. The molecule has 0 radical (unpaired) electrons. The Morgan fingerprint density at radius 1 is 1.56 bits per heavy atom. The van der Waals surface area contributed by atoms with Gasteiger partial charge in [-0.15, -0.1) is 11.3 Å². The molecule has 0 saturated carbocycles. The van der Waals surface area contributed by atoms with Gasteiger partial charge in [0, 0.05) is 17.9 Å². The van der Waals surface area contributed by atoms with Crippen molar-refractivity contribution < 1.29 is 18.6 Å². The minimum Gasteiger partial charge on any atom is -0.387 e. The van der Waals surface area contributed by atoms with E-state index in [0.29, 0.717) is 9.90 Å². The maximum Gasteiger partial charge on any atom is 0.261 e. The summed E-state index contributed by atoms with van der Waals surface area (Å²) in [7, 11) is 0. The number of thiophene rings is 1. The first-order valence-electron chi connectivity index (χ1n) is 4.49. The van der Waals surface area contributed by atoms with Crippen LogP contribution in [0.2, 0.25) is 5.02 Å². The van der Waals surface area contributed by atoms with Crippen molar-refractivity contribution in [3.63, 3.8) is 0 Å². The van der Waals surface area contributed by atoms with E-state index < -0.39 is 19.1 Å². The fourth-order valence-corrected chi connectivity index (χ4v) is 2.80. The summed E-state index contributed by atoms with van der Waals surface area (Å²) in [6, 6.07) is 1.65. The van der Waals surface area contributed by atoms with Crippen molar-refractivity contribution in [3.8, 4) is 0 Å². The molecule has 0 aromatic carbocycles. The van der Waals surface area contributed by atoms with Gasteiger partial charge >= 0.3 is 0 Å².